The number of carbonyl (C=O) groups excluding carboxylic acids is 2. The number of fused-ring (bicyclic) bond motifs is 1. The maximum absolute atomic E-state index is 13.5. The molecule has 1 aromatic heterocycles. The minimum atomic E-state index is -0.0841. The average Bonchev–Trinajstić information content (AvgIpc) is 3.23. The lowest BCUT2D eigenvalue weighted by molar-refractivity contribution is -0.136. The van der Waals surface area contributed by atoms with Crippen LogP contribution in [0.4, 0.5) is 0 Å². The van der Waals surface area contributed by atoms with E-state index in [1.807, 2.05) is 29.2 Å². The topological polar surface area (TPSA) is 67.2 Å². The van der Waals surface area contributed by atoms with Gasteiger partial charge < -0.3 is 14.8 Å². The van der Waals surface area contributed by atoms with E-state index in [9.17, 15) is 9.59 Å². The lowest BCUT2D eigenvalue weighted by atomic mass is 10.1. The van der Waals surface area contributed by atoms with Crippen LogP contribution in [-0.4, -0.2) is 44.9 Å². The second-order valence-electron chi connectivity index (χ2n) is 9.49. The molecule has 36 heavy (non-hydrogen) atoms. The Bertz CT molecular complexity index is 1130. The van der Waals surface area contributed by atoms with Gasteiger partial charge in [-0.3, -0.25) is 9.59 Å². The molecule has 3 aromatic rings. The summed E-state index contributed by atoms with van der Waals surface area (Å²) in [6.45, 7) is 9.44. The van der Waals surface area contributed by atoms with Crippen molar-refractivity contribution < 1.29 is 9.59 Å². The van der Waals surface area contributed by atoms with Gasteiger partial charge in [0.1, 0.15) is 12.4 Å². The number of aryl methyl sites for hydroxylation is 1. The molecule has 2 aromatic carbocycles. The lowest BCUT2D eigenvalue weighted by Gasteiger charge is -2.34. The summed E-state index contributed by atoms with van der Waals surface area (Å²) in [5.41, 5.74) is 2.54. The summed E-state index contributed by atoms with van der Waals surface area (Å²) in [7, 11) is 0. The number of imidazole rings is 1. The van der Waals surface area contributed by atoms with Crippen molar-refractivity contribution in [3.63, 3.8) is 0 Å². The number of benzene rings is 2. The number of aromatic nitrogens is 2. The molecule has 0 spiro atoms. The van der Waals surface area contributed by atoms with E-state index >= 15 is 0 Å². The minimum absolute atomic E-state index is 0.0841. The van der Waals surface area contributed by atoms with E-state index in [2.05, 4.69) is 37.6 Å². The van der Waals surface area contributed by atoms with Gasteiger partial charge in [0.2, 0.25) is 5.91 Å². The third-order valence-corrected chi connectivity index (χ3v) is 7.17. The number of nitrogens with zero attached hydrogens (tertiary/aromatic N) is 3. The number of hydrogen-bond donors (Lipinski definition) is 1. The fourth-order valence-electron chi connectivity index (χ4n) is 4.52. The number of carbonyl (C=O) groups is 2. The van der Waals surface area contributed by atoms with Gasteiger partial charge in [0.05, 0.1) is 11.0 Å². The largest absolute Gasteiger partial charge is 0.352 e. The highest BCUT2D eigenvalue weighted by Gasteiger charge is 2.25. The predicted octanol–water partition coefficient (Wildman–Crippen LogP) is 6.26. The Morgan fingerprint density at radius 1 is 0.972 bits per heavy atom. The summed E-state index contributed by atoms with van der Waals surface area (Å²) in [4.78, 5) is 32.6. The molecule has 0 radical (unpaired) electrons. The van der Waals surface area contributed by atoms with Crippen LogP contribution in [0.5, 0.6) is 0 Å². The molecule has 3 rings (SSSR count). The predicted molar refractivity (Wildman–Crippen MR) is 147 cm³/mol. The molecule has 194 valence electrons. The van der Waals surface area contributed by atoms with Crippen molar-refractivity contribution >= 4 is 34.4 Å². The summed E-state index contributed by atoms with van der Waals surface area (Å²) in [6, 6.07) is 15.3. The Morgan fingerprint density at radius 3 is 2.31 bits per heavy atom. The molecule has 0 aliphatic heterocycles. The molecule has 0 fully saturated rings. The Kier molecular flexibility index (Phi) is 10.4. The van der Waals surface area contributed by atoms with Gasteiger partial charge in [0.25, 0.3) is 5.91 Å². The Labute approximate surface area is 220 Å². The van der Waals surface area contributed by atoms with E-state index in [-0.39, 0.29) is 23.9 Å². The van der Waals surface area contributed by atoms with E-state index < -0.39 is 0 Å². The average molecular weight is 511 g/mol. The van der Waals surface area contributed by atoms with Gasteiger partial charge >= 0.3 is 0 Å². The SMILES string of the molecule is CCC(C)N(C(=O)Cn1c(CCCCCNC(=O)c2ccc(Cl)cc2)nc2ccccc21)C(C)CC. The van der Waals surface area contributed by atoms with E-state index in [1.165, 1.54) is 0 Å². The molecular formula is C29H39ClN4O2. The van der Waals surface area contributed by atoms with Gasteiger partial charge in [-0.2, -0.15) is 0 Å². The van der Waals surface area contributed by atoms with Crippen LogP contribution in [0, 0.1) is 0 Å². The third kappa shape index (κ3) is 7.10. The second kappa shape index (κ2) is 13.4. The van der Waals surface area contributed by atoms with Gasteiger partial charge in [-0.25, -0.2) is 4.98 Å². The van der Waals surface area contributed by atoms with Crippen LogP contribution >= 0.6 is 11.6 Å². The van der Waals surface area contributed by atoms with Crippen LogP contribution in [0.3, 0.4) is 0 Å². The number of nitrogens with one attached hydrogen (secondary N) is 1. The van der Waals surface area contributed by atoms with Crippen LogP contribution in [0.2, 0.25) is 5.02 Å². The Hall–Kier alpha value is -2.86. The smallest absolute Gasteiger partial charge is 0.251 e. The van der Waals surface area contributed by atoms with Crippen molar-refractivity contribution in [2.24, 2.45) is 0 Å². The minimum Gasteiger partial charge on any atom is -0.352 e. The third-order valence-electron chi connectivity index (χ3n) is 6.92. The molecule has 0 saturated heterocycles. The molecule has 1 N–H and O–H groups in total. The first kappa shape index (κ1) is 27.7. The van der Waals surface area contributed by atoms with Gasteiger partial charge in [0, 0.05) is 35.6 Å². The van der Waals surface area contributed by atoms with E-state index in [0.29, 0.717) is 23.7 Å². The monoisotopic (exact) mass is 510 g/mol. The standard InChI is InChI=1S/C29H39ClN4O2/c1-5-21(3)34(22(4)6-2)28(35)20-33-26-13-10-9-12-25(26)32-27(33)14-8-7-11-19-31-29(36)23-15-17-24(30)18-16-23/h9-10,12-13,15-18,21-22H,5-8,11,14,19-20H2,1-4H3,(H,31,36). The number of rotatable bonds is 13. The second-order valence-corrected chi connectivity index (χ2v) is 9.93. The molecular weight excluding hydrogens is 472 g/mol. The van der Waals surface area contributed by atoms with E-state index in [4.69, 9.17) is 16.6 Å². The number of halogens is 1. The van der Waals surface area contributed by atoms with Crippen molar-refractivity contribution in [1.29, 1.82) is 0 Å². The highest BCUT2D eigenvalue weighted by molar-refractivity contribution is 6.30. The first-order valence-corrected chi connectivity index (χ1v) is 13.5. The van der Waals surface area contributed by atoms with Crippen LogP contribution in [-0.2, 0) is 17.8 Å². The van der Waals surface area contributed by atoms with Crippen molar-refractivity contribution in [3.05, 3.63) is 64.9 Å². The summed E-state index contributed by atoms with van der Waals surface area (Å²) >= 11 is 5.89. The Balaban J connectivity index is 1.59. The quantitative estimate of drug-likeness (QED) is 0.276. The molecule has 0 bridgehead atoms. The molecule has 2 amide bonds. The van der Waals surface area contributed by atoms with Crippen molar-refractivity contribution in [2.75, 3.05) is 6.54 Å². The van der Waals surface area contributed by atoms with Crippen LogP contribution in [0.15, 0.2) is 48.5 Å². The van der Waals surface area contributed by atoms with Crippen molar-refractivity contribution in [3.8, 4) is 0 Å². The first-order chi connectivity index (χ1) is 17.3. The van der Waals surface area contributed by atoms with Crippen LogP contribution in [0.1, 0.15) is 76.0 Å². The zero-order valence-corrected chi connectivity index (χ0v) is 22.7. The molecule has 1 heterocycles. The summed E-state index contributed by atoms with van der Waals surface area (Å²) in [6.07, 6.45) is 5.44. The first-order valence-electron chi connectivity index (χ1n) is 13.1. The van der Waals surface area contributed by atoms with Gasteiger partial charge in [-0.05, 0) is 75.9 Å². The highest BCUT2D eigenvalue weighted by atomic mass is 35.5. The molecule has 7 heteroatoms. The van der Waals surface area contributed by atoms with Gasteiger partial charge in [-0.15, -0.1) is 0 Å². The zero-order valence-electron chi connectivity index (χ0n) is 22.0. The number of unbranched alkanes of at least 4 members (excludes halogenated alkanes) is 2. The summed E-state index contributed by atoms with van der Waals surface area (Å²) in [5, 5.41) is 3.58. The molecule has 2 unspecified atom stereocenters. The van der Waals surface area contributed by atoms with Crippen molar-refractivity contribution in [2.45, 2.75) is 84.8 Å². The number of amides is 2. The molecule has 0 saturated carbocycles. The molecule has 6 nitrogen and oxygen atoms in total. The van der Waals surface area contributed by atoms with Gasteiger partial charge in [-0.1, -0.05) is 44.0 Å². The Morgan fingerprint density at radius 2 is 1.64 bits per heavy atom. The highest BCUT2D eigenvalue weighted by Crippen LogP contribution is 2.20. The molecule has 0 aliphatic rings. The fraction of sp³-hybridized carbons (Fsp3) is 0.483. The van der Waals surface area contributed by atoms with Crippen molar-refractivity contribution in [1.82, 2.24) is 19.8 Å². The van der Waals surface area contributed by atoms with E-state index in [1.54, 1.807) is 24.3 Å². The van der Waals surface area contributed by atoms with Crippen LogP contribution in [0.25, 0.3) is 11.0 Å². The summed E-state index contributed by atoms with van der Waals surface area (Å²) < 4.78 is 2.09. The number of para-hydroxylation sites is 2. The van der Waals surface area contributed by atoms with Gasteiger partial charge in [0.15, 0.2) is 0 Å². The lowest BCUT2D eigenvalue weighted by Crippen LogP contribution is -2.45. The number of hydrogen-bond acceptors (Lipinski definition) is 3. The van der Waals surface area contributed by atoms with E-state index in [0.717, 1.165) is 55.4 Å². The fourth-order valence-corrected chi connectivity index (χ4v) is 4.65. The van der Waals surface area contributed by atoms with Crippen LogP contribution < -0.4 is 5.32 Å². The maximum atomic E-state index is 13.5. The summed E-state index contributed by atoms with van der Waals surface area (Å²) in [5.74, 6) is 1.01. The maximum Gasteiger partial charge on any atom is 0.251 e. The molecule has 0 aliphatic carbocycles. The normalized spacial score (nSPS) is 12.9. The zero-order chi connectivity index (χ0) is 26.1. The molecule has 2 atom stereocenters.